The van der Waals surface area contributed by atoms with Gasteiger partial charge in [-0.05, 0) is 64.7 Å². The van der Waals surface area contributed by atoms with Gasteiger partial charge in [0.1, 0.15) is 12.1 Å². The molecular weight excluding hydrogens is 382 g/mol. The van der Waals surface area contributed by atoms with E-state index in [2.05, 4.69) is 5.32 Å². The molecular formula is C23H31N3O4. The Kier molecular flexibility index (Phi) is 5.57. The lowest BCUT2D eigenvalue weighted by molar-refractivity contribution is -0.122. The van der Waals surface area contributed by atoms with Crippen molar-refractivity contribution in [3.63, 3.8) is 0 Å². The first-order valence-electron chi connectivity index (χ1n) is 11.0. The summed E-state index contributed by atoms with van der Waals surface area (Å²) in [5, 5.41) is 3.33. The quantitative estimate of drug-likeness (QED) is 0.751. The van der Waals surface area contributed by atoms with Crippen LogP contribution in [-0.4, -0.2) is 48.6 Å². The highest BCUT2D eigenvalue weighted by atomic mass is 16.6. The summed E-state index contributed by atoms with van der Waals surface area (Å²) in [4.78, 5) is 41.8. The van der Waals surface area contributed by atoms with E-state index in [-0.39, 0.29) is 30.9 Å². The first-order chi connectivity index (χ1) is 14.2. The Hall–Kier alpha value is -2.41. The predicted octanol–water partition coefficient (Wildman–Crippen LogP) is 3.02. The van der Waals surface area contributed by atoms with Crippen LogP contribution in [0, 0.1) is 0 Å². The van der Waals surface area contributed by atoms with E-state index in [1.807, 2.05) is 20.8 Å². The molecule has 7 heteroatoms. The summed E-state index contributed by atoms with van der Waals surface area (Å²) in [7, 11) is 0. The number of ether oxygens (including phenoxy) is 1. The third kappa shape index (κ3) is 4.51. The van der Waals surface area contributed by atoms with Crippen LogP contribution in [0.2, 0.25) is 0 Å². The van der Waals surface area contributed by atoms with Gasteiger partial charge in [-0.3, -0.25) is 14.5 Å². The zero-order valence-electron chi connectivity index (χ0n) is 18.1. The molecule has 7 nitrogen and oxygen atoms in total. The fourth-order valence-corrected chi connectivity index (χ4v) is 4.25. The van der Waals surface area contributed by atoms with E-state index < -0.39 is 11.6 Å². The Morgan fingerprint density at radius 3 is 2.43 bits per heavy atom. The molecule has 2 fully saturated rings. The SMILES string of the molecule is CC(C)(C)OC(=O)c1ccc2c(c1)N(C(=O)CNC1CCCC1)CC(=O)N2C1CC1. The molecule has 1 aromatic carbocycles. The molecule has 2 amide bonds. The van der Waals surface area contributed by atoms with E-state index >= 15 is 0 Å². The number of nitrogens with zero attached hydrogens (tertiary/aromatic N) is 2. The Bertz CT molecular complexity index is 850. The molecule has 0 saturated heterocycles. The molecule has 0 atom stereocenters. The number of esters is 1. The maximum absolute atomic E-state index is 13.0. The molecule has 1 heterocycles. The maximum Gasteiger partial charge on any atom is 0.338 e. The molecule has 1 aromatic rings. The highest BCUT2D eigenvalue weighted by Crippen LogP contribution is 2.41. The number of fused-ring (bicyclic) bond motifs is 1. The van der Waals surface area contributed by atoms with Crippen molar-refractivity contribution in [3.8, 4) is 0 Å². The first kappa shape index (κ1) is 20.8. The third-order valence-electron chi connectivity index (χ3n) is 5.83. The van der Waals surface area contributed by atoms with Crippen molar-refractivity contribution in [2.24, 2.45) is 0 Å². The average Bonchev–Trinajstić information content (AvgIpc) is 3.37. The molecule has 1 aliphatic heterocycles. The molecule has 30 heavy (non-hydrogen) atoms. The molecule has 0 aromatic heterocycles. The van der Waals surface area contributed by atoms with E-state index in [4.69, 9.17) is 4.74 Å². The zero-order valence-corrected chi connectivity index (χ0v) is 18.1. The van der Waals surface area contributed by atoms with Crippen LogP contribution in [0.4, 0.5) is 11.4 Å². The summed E-state index contributed by atoms with van der Waals surface area (Å²) < 4.78 is 5.50. The molecule has 0 unspecified atom stereocenters. The van der Waals surface area contributed by atoms with Gasteiger partial charge in [0.2, 0.25) is 11.8 Å². The van der Waals surface area contributed by atoms with Crippen LogP contribution in [0.15, 0.2) is 18.2 Å². The summed E-state index contributed by atoms with van der Waals surface area (Å²) in [6.07, 6.45) is 6.48. The highest BCUT2D eigenvalue weighted by molar-refractivity contribution is 6.12. The number of nitrogens with one attached hydrogen (secondary N) is 1. The summed E-state index contributed by atoms with van der Waals surface area (Å²) in [6, 6.07) is 5.70. The largest absolute Gasteiger partial charge is 0.456 e. The van der Waals surface area contributed by atoms with Gasteiger partial charge in [-0.2, -0.15) is 0 Å². The first-order valence-corrected chi connectivity index (χ1v) is 11.0. The van der Waals surface area contributed by atoms with Crippen molar-refractivity contribution in [1.82, 2.24) is 5.32 Å². The van der Waals surface area contributed by atoms with Crippen LogP contribution >= 0.6 is 0 Å². The van der Waals surface area contributed by atoms with Gasteiger partial charge in [0, 0.05) is 12.1 Å². The van der Waals surface area contributed by atoms with Crippen LogP contribution in [0.5, 0.6) is 0 Å². The normalized spacial score (nSPS) is 19.8. The predicted molar refractivity (Wildman–Crippen MR) is 115 cm³/mol. The smallest absolute Gasteiger partial charge is 0.338 e. The minimum Gasteiger partial charge on any atom is -0.456 e. The van der Waals surface area contributed by atoms with Crippen molar-refractivity contribution in [1.29, 1.82) is 0 Å². The highest BCUT2D eigenvalue weighted by Gasteiger charge is 2.41. The van der Waals surface area contributed by atoms with Crippen molar-refractivity contribution in [3.05, 3.63) is 23.8 Å². The fraction of sp³-hybridized carbons (Fsp3) is 0.609. The Labute approximate surface area is 177 Å². The topological polar surface area (TPSA) is 79.0 Å². The van der Waals surface area contributed by atoms with Crippen LogP contribution in [0.3, 0.4) is 0 Å². The van der Waals surface area contributed by atoms with Gasteiger partial charge in [-0.1, -0.05) is 12.8 Å². The lowest BCUT2D eigenvalue weighted by Crippen LogP contribution is -2.51. The van der Waals surface area contributed by atoms with E-state index in [1.54, 1.807) is 23.1 Å². The van der Waals surface area contributed by atoms with Gasteiger partial charge in [0.25, 0.3) is 0 Å². The molecule has 2 saturated carbocycles. The van der Waals surface area contributed by atoms with Crippen molar-refractivity contribution in [2.75, 3.05) is 22.9 Å². The van der Waals surface area contributed by atoms with Gasteiger partial charge in [0.05, 0.1) is 23.5 Å². The van der Waals surface area contributed by atoms with Gasteiger partial charge in [0.15, 0.2) is 0 Å². The number of amides is 2. The van der Waals surface area contributed by atoms with Gasteiger partial charge in [-0.15, -0.1) is 0 Å². The number of carbonyl (C=O) groups excluding carboxylic acids is 3. The van der Waals surface area contributed by atoms with Crippen LogP contribution in [0.25, 0.3) is 0 Å². The molecule has 0 radical (unpaired) electrons. The van der Waals surface area contributed by atoms with Crippen LogP contribution in [-0.2, 0) is 14.3 Å². The summed E-state index contributed by atoms with van der Waals surface area (Å²) >= 11 is 0. The van der Waals surface area contributed by atoms with Gasteiger partial charge in [-0.25, -0.2) is 4.79 Å². The van der Waals surface area contributed by atoms with E-state index in [9.17, 15) is 14.4 Å². The molecule has 0 spiro atoms. The lowest BCUT2D eigenvalue weighted by Gasteiger charge is -2.37. The molecule has 0 bridgehead atoms. The Balaban J connectivity index is 1.60. The number of benzene rings is 1. The number of hydrogen-bond donors (Lipinski definition) is 1. The Morgan fingerprint density at radius 2 is 1.80 bits per heavy atom. The molecule has 1 N–H and O–H groups in total. The second-order valence-corrected chi connectivity index (χ2v) is 9.54. The monoisotopic (exact) mass is 413 g/mol. The second-order valence-electron chi connectivity index (χ2n) is 9.54. The minimum absolute atomic E-state index is 0.00640. The van der Waals surface area contributed by atoms with Crippen LogP contribution in [0.1, 0.15) is 69.7 Å². The Morgan fingerprint density at radius 1 is 1.10 bits per heavy atom. The second kappa shape index (κ2) is 8.02. The maximum atomic E-state index is 13.0. The van der Waals surface area contributed by atoms with E-state index in [1.165, 1.54) is 17.7 Å². The van der Waals surface area contributed by atoms with E-state index in [0.29, 0.717) is 23.0 Å². The lowest BCUT2D eigenvalue weighted by atomic mass is 10.1. The van der Waals surface area contributed by atoms with Crippen molar-refractivity contribution < 1.29 is 19.1 Å². The summed E-state index contributed by atoms with van der Waals surface area (Å²) in [6.45, 7) is 5.66. The number of hydrogen-bond acceptors (Lipinski definition) is 5. The molecule has 2 aliphatic carbocycles. The number of carbonyl (C=O) groups is 3. The molecule has 162 valence electrons. The number of rotatable bonds is 5. The standard InChI is InChI=1S/C23H31N3O4/c1-23(2,3)30-22(29)15-8-11-18-19(12-15)25(14-21(28)26(18)17-9-10-17)20(27)13-24-16-6-4-5-7-16/h8,11-12,16-17,24H,4-7,9-10,13-14H2,1-3H3. The number of anilines is 2. The van der Waals surface area contributed by atoms with Gasteiger partial charge < -0.3 is 15.0 Å². The summed E-state index contributed by atoms with van der Waals surface area (Å²) in [5.74, 6) is -0.644. The van der Waals surface area contributed by atoms with Crippen molar-refractivity contribution in [2.45, 2.75) is 77.0 Å². The van der Waals surface area contributed by atoms with Crippen LogP contribution < -0.4 is 15.1 Å². The molecule has 3 aliphatic rings. The average molecular weight is 414 g/mol. The van der Waals surface area contributed by atoms with Gasteiger partial charge >= 0.3 is 5.97 Å². The fourth-order valence-electron chi connectivity index (χ4n) is 4.25. The molecule has 4 rings (SSSR count). The van der Waals surface area contributed by atoms with Crippen molar-refractivity contribution >= 4 is 29.2 Å². The minimum atomic E-state index is -0.607. The van der Waals surface area contributed by atoms with E-state index in [0.717, 1.165) is 25.7 Å². The zero-order chi connectivity index (χ0) is 21.5. The third-order valence-corrected chi connectivity index (χ3v) is 5.83. The summed E-state index contributed by atoms with van der Waals surface area (Å²) in [5.41, 5.74) is 1.10.